The Morgan fingerprint density at radius 3 is 2.53 bits per heavy atom. The number of sulfone groups is 1. The largest absolute Gasteiger partial charge is 0.385 e. The first kappa shape index (κ1) is 23.9. The molecule has 0 aliphatic carbocycles. The minimum absolute atomic E-state index is 0.0458. The van der Waals surface area contributed by atoms with Crippen molar-refractivity contribution < 1.29 is 13.2 Å². The molecule has 8 heteroatoms. The lowest BCUT2D eigenvalue weighted by molar-refractivity contribution is 0.171. The van der Waals surface area contributed by atoms with E-state index < -0.39 is 9.84 Å². The maximum Gasteiger partial charge on any atom is 0.206 e. The van der Waals surface area contributed by atoms with E-state index in [0.29, 0.717) is 18.0 Å². The molecule has 0 N–H and O–H groups in total. The zero-order chi connectivity index (χ0) is 23.5. The number of methoxy groups -OCH3 is 1. The van der Waals surface area contributed by atoms with Crippen LogP contribution >= 0.6 is 0 Å². The molecule has 7 nitrogen and oxygen atoms in total. The fourth-order valence-electron chi connectivity index (χ4n) is 3.78. The fourth-order valence-corrected chi connectivity index (χ4v) is 5.07. The van der Waals surface area contributed by atoms with Crippen molar-refractivity contribution >= 4 is 20.9 Å². The number of aromatic nitrogens is 3. The van der Waals surface area contributed by atoms with Crippen LogP contribution in [0.15, 0.2) is 46.3 Å². The van der Waals surface area contributed by atoms with E-state index in [4.69, 9.17) is 15.0 Å². The van der Waals surface area contributed by atoms with Crippen molar-refractivity contribution in [3.63, 3.8) is 0 Å². The van der Waals surface area contributed by atoms with Gasteiger partial charge < -0.3 is 9.30 Å². The molecule has 0 bridgehead atoms. The van der Waals surface area contributed by atoms with E-state index in [-0.39, 0.29) is 20.9 Å². The van der Waals surface area contributed by atoms with Crippen molar-refractivity contribution in [3.8, 4) is 6.07 Å². The van der Waals surface area contributed by atoms with Gasteiger partial charge in [-0.3, -0.25) is 0 Å². The quantitative estimate of drug-likeness (QED) is 0.497. The molecule has 0 radical (unpaired) electrons. The van der Waals surface area contributed by atoms with E-state index in [1.54, 1.807) is 19.2 Å². The monoisotopic (exact) mass is 454 g/mol. The van der Waals surface area contributed by atoms with Crippen LogP contribution in [0.1, 0.15) is 52.1 Å². The number of ether oxygens (including phenoxy) is 1. The number of benzene rings is 1. The number of hydrogen-bond acceptors (Lipinski definition) is 6. The number of hydrogen-bond donors (Lipinski definition) is 0. The highest BCUT2D eigenvalue weighted by atomic mass is 32.2. The third-order valence-electron chi connectivity index (χ3n) is 5.61. The third-order valence-corrected chi connectivity index (χ3v) is 7.35. The van der Waals surface area contributed by atoms with Gasteiger partial charge in [-0.25, -0.2) is 18.4 Å². The van der Waals surface area contributed by atoms with Crippen molar-refractivity contribution in [1.29, 1.82) is 5.26 Å². The molecule has 0 saturated carbocycles. The summed E-state index contributed by atoms with van der Waals surface area (Å²) in [5.74, 6) is 1.35. The van der Waals surface area contributed by atoms with Gasteiger partial charge in [0, 0.05) is 31.9 Å². The third kappa shape index (κ3) is 4.84. The van der Waals surface area contributed by atoms with Gasteiger partial charge >= 0.3 is 0 Å². The summed E-state index contributed by atoms with van der Waals surface area (Å²) in [4.78, 5) is 8.91. The molecule has 3 aromatic rings. The summed E-state index contributed by atoms with van der Waals surface area (Å²) in [6.07, 6.45) is 3.30. The first-order chi connectivity index (χ1) is 15.1. The van der Waals surface area contributed by atoms with Crippen molar-refractivity contribution in [3.05, 3.63) is 48.0 Å². The zero-order valence-corrected chi connectivity index (χ0v) is 20.1. The molecule has 0 saturated heterocycles. The summed E-state index contributed by atoms with van der Waals surface area (Å²) < 4.78 is 33.9. The van der Waals surface area contributed by atoms with Gasteiger partial charge in [0.15, 0.2) is 0 Å². The van der Waals surface area contributed by atoms with Crippen LogP contribution in [0.3, 0.4) is 0 Å². The van der Waals surface area contributed by atoms with Gasteiger partial charge in [-0.15, -0.1) is 0 Å². The Balaban J connectivity index is 2.10. The number of pyridine rings is 1. The van der Waals surface area contributed by atoms with Crippen molar-refractivity contribution in [2.45, 2.75) is 62.3 Å². The smallest absolute Gasteiger partial charge is 0.206 e. The molecule has 32 heavy (non-hydrogen) atoms. The van der Waals surface area contributed by atoms with Gasteiger partial charge in [-0.2, -0.15) is 5.26 Å². The van der Waals surface area contributed by atoms with E-state index in [0.717, 1.165) is 30.7 Å². The second kappa shape index (κ2) is 9.39. The van der Waals surface area contributed by atoms with Crippen LogP contribution in [0.2, 0.25) is 0 Å². The molecule has 2 heterocycles. The molecule has 0 aliphatic heterocycles. The molecular weight excluding hydrogens is 424 g/mol. The van der Waals surface area contributed by atoms with Crippen molar-refractivity contribution in [2.75, 3.05) is 13.7 Å². The average molecular weight is 455 g/mol. The zero-order valence-electron chi connectivity index (χ0n) is 19.3. The molecule has 0 fully saturated rings. The molecule has 2 aromatic heterocycles. The standard InChI is InChI=1S/C24H30N4O3S/c1-6-17(10-12-31-5)16-28-22-8-7-19(14-21(22)27-23(28)24(2,3)4)32(29,30)20-9-11-26-18(13-20)15-25/h7-9,11,13-14,17H,6,10,12,16H2,1-5H3. The van der Waals surface area contributed by atoms with Gasteiger partial charge in [0.05, 0.1) is 20.8 Å². The molecule has 170 valence electrons. The van der Waals surface area contributed by atoms with Gasteiger partial charge in [-0.05, 0) is 42.7 Å². The summed E-state index contributed by atoms with van der Waals surface area (Å²) >= 11 is 0. The highest BCUT2D eigenvalue weighted by molar-refractivity contribution is 7.91. The molecular formula is C24H30N4O3S. The van der Waals surface area contributed by atoms with Crippen LogP contribution in [0.4, 0.5) is 0 Å². The van der Waals surface area contributed by atoms with Crippen LogP contribution < -0.4 is 0 Å². The lowest BCUT2D eigenvalue weighted by Gasteiger charge is -2.23. The molecule has 1 atom stereocenters. The summed E-state index contributed by atoms with van der Waals surface area (Å²) in [6, 6.07) is 9.66. The highest BCUT2D eigenvalue weighted by Crippen LogP contribution is 2.31. The maximum atomic E-state index is 13.2. The van der Waals surface area contributed by atoms with E-state index >= 15 is 0 Å². The summed E-state index contributed by atoms with van der Waals surface area (Å²) in [7, 11) is -2.09. The number of imidazole rings is 1. The lowest BCUT2D eigenvalue weighted by Crippen LogP contribution is -2.22. The van der Waals surface area contributed by atoms with Crippen molar-refractivity contribution in [1.82, 2.24) is 14.5 Å². The molecule has 1 unspecified atom stereocenters. The van der Waals surface area contributed by atoms with Crippen LogP contribution in [0, 0.1) is 17.2 Å². The molecule has 1 aromatic carbocycles. The fraction of sp³-hybridized carbons (Fsp3) is 0.458. The summed E-state index contributed by atoms with van der Waals surface area (Å²) in [5, 5.41) is 9.07. The predicted molar refractivity (Wildman–Crippen MR) is 123 cm³/mol. The number of rotatable bonds is 8. The summed E-state index contributed by atoms with van der Waals surface area (Å²) in [5.41, 5.74) is 1.42. The first-order valence-corrected chi connectivity index (χ1v) is 12.2. The predicted octanol–water partition coefficient (Wildman–Crippen LogP) is 4.50. The molecule has 3 rings (SSSR count). The Kier molecular flexibility index (Phi) is 7.01. The van der Waals surface area contributed by atoms with Crippen LogP contribution in [0.25, 0.3) is 11.0 Å². The van der Waals surface area contributed by atoms with E-state index in [1.807, 2.05) is 12.1 Å². The minimum Gasteiger partial charge on any atom is -0.385 e. The average Bonchev–Trinajstić information content (AvgIpc) is 3.14. The second-order valence-corrected chi connectivity index (χ2v) is 10.9. The van der Waals surface area contributed by atoms with Crippen molar-refractivity contribution in [2.24, 2.45) is 5.92 Å². The van der Waals surface area contributed by atoms with E-state index in [2.05, 4.69) is 37.2 Å². The van der Waals surface area contributed by atoms with Gasteiger partial charge in [0.1, 0.15) is 17.6 Å². The molecule has 0 spiro atoms. The van der Waals surface area contributed by atoms with Gasteiger partial charge in [0.25, 0.3) is 0 Å². The maximum absolute atomic E-state index is 13.2. The SMILES string of the molecule is CCC(CCOC)Cn1c(C(C)(C)C)nc2cc(S(=O)(=O)c3ccnc(C#N)c3)ccc21. The highest BCUT2D eigenvalue weighted by Gasteiger charge is 2.26. The van der Waals surface area contributed by atoms with Gasteiger partial charge in [-0.1, -0.05) is 34.1 Å². The van der Waals surface area contributed by atoms with Crippen LogP contribution in [0.5, 0.6) is 0 Å². The minimum atomic E-state index is -3.80. The number of nitriles is 1. The Labute approximate surface area is 190 Å². The Morgan fingerprint density at radius 2 is 1.91 bits per heavy atom. The summed E-state index contributed by atoms with van der Waals surface area (Å²) in [6.45, 7) is 10.0. The Bertz CT molecular complexity index is 1250. The second-order valence-electron chi connectivity index (χ2n) is 8.99. The Morgan fingerprint density at radius 1 is 1.19 bits per heavy atom. The van der Waals surface area contributed by atoms with E-state index in [9.17, 15) is 8.42 Å². The number of nitrogens with zero attached hydrogens (tertiary/aromatic N) is 4. The normalized spacial score (nSPS) is 13.2. The van der Waals surface area contributed by atoms with E-state index in [1.165, 1.54) is 18.3 Å². The van der Waals surface area contributed by atoms with Gasteiger partial charge in [0.2, 0.25) is 9.84 Å². The first-order valence-electron chi connectivity index (χ1n) is 10.7. The molecule has 0 amide bonds. The Hall–Kier alpha value is -2.76. The number of fused-ring (bicyclic) bond motifs is 1. The van der Waals surface area contributed by atoms with Crippen LogP contribution in [-0.4, -0.2) is 36.7 Å². The van der Waals surface area contributed by atoms with Crippen LogP contribution in [-0.2, 0) is 26.5 Å². The molecule has 0 aliphatic rings. The topological polar surface area (TPSA) is 97.9 Å². The lowest BCUT2D eigenvalue weighted by atomic mass is 9.95.